The number of rotatable bonds is 4. The lowest BCUT2D eigenvalue weighted by Crippen LogP contribution is -2.25. The predicted octanol–water partition coefficient (Wildman–Crippen LogP) is 5.26. The van der Waals surface area contributed by atoms with Crippen molar-refractivity contribution in [2.24, 2.45) is 22.0 Å². The largest absolute Gasteiger partial charge is 0.257 e. The summed E-state index contributed by atoms with van der Waals surface area (Å²) in [5, 5.41) is 6.20. The molecule has 1 atom stereocenters. The molecule has 1 fully saturated rings. The van der Waals surface area contributed by atoms with Crippen LogP contribution >= 0.6 is 0 Å². The van der Waals surface area contributed by atoms with Crippen molar-refractivity contribution in [3.05, 3.63) is 65.6 Å². The Kier molecular flexibility index (Phi) is 5.34. The van der Waals surface area contributed by atoms with E-state index >= 15 is 0 Å². The minimum absolute atomic E-state index is 0.141. The number of aliphatic imine (C=N–C) groups is 1. The van der Waals surface area contributed by atoms with Gasteiger partial charge < -0.3 is 0 Å². The maximum atomic E-state index is 13.8. The van der Waals surface area contributed by atoms with Crippen molar-refractivity contribution in [3.63, 3.8) is 0 Å². The van der Waals surface area contributed by atoms with E-state index in [0.29, 0.717) is 24.2 Å². The van der Waals surface area contributed by atoms with Gasteiger partial charge >= 0.3 is 0 Å². The smallest absolute Gasteiger partial charge is 0.238 e. The van der Waals surface area contributed by atoms with E-state index < -0.39 is 10.0 Å². The monoisotopic (exact) mass is 451 g/mol. The van der Waals surface area contributed by atoms with Gasteiger partial charge in [-0.05, 0) is 97.0 Å². The van der Waals surface area contributed by atoms with Crippen molar-refractivity contribution in [3.8, 4) is 0 Å². The first-order chi connectivity index (χ1) is 15.3. The third kappa shape index (κ3) is 3.95. The molecule has 1 saturated carbocycles. The van der Waals surface area contributed by atoms with E-state index in [9.17, 15) is 12.8 Å². The van der Waals surface area contributed by atoms with Crippen molar-refractivity contribution in [2.75, 3.05) is 0 Å². The topological polar surface area (TPSA) is 85.4 Å². The molecule has 7 heteroatoms. The number of primary sulfonamides is 1. The molecule has 1 aromatic heterocycles. The van der Waals surface area contributed by atoms with Gasteiger partial charge in [-0.3, -0.25) is 9.98 Å². The van der Waals surface area contributed by atoms with Crippen LogP contribution in [0.1, 0.15) is 49.7 Å². The van der Waals surface area contributed by atoms with Crippen LogP contribution in [0.3, 0.4) is 0 Å². The third-order valence-electron chi connectivity index (χ3n) is 7.20. The lowest BCUT2D eigenvalue weighted by molar-refractivity contribution is 0.287. The van der Waals surface area contributed by atoms with Crippen molar-refractivity contribution in [2.45, 2.75) is 49.8 Å². The van der Waals surface area contributed by atoms with E-state index in [2.05, 4.69) is 11.9 Å². The molecule has 0 spiro atoms. The van der Waals surface area contributed by atoms with Gasteiger partial charge in [0, 0.05) is 23.7 Å². The normalized spacial score (nSPS) is 21.9. The fraction of sp³-hybridized carbons (Fsp3) is 0.360. The zero-order valence-corrected chi connectivity index (χ0v) is 18.8. The van der Waals surface area contributed by atoms with Gasteiger partial charge in [-0.25, -0.2) is 17.9 Å². The van der Waals surface area contributed by atoms with E-state index in [4.69, 9.17) is 10.1 Å². The van der Waals surface area contributed by atoms with E-state index in [1.807, 2.05) is 12.3 Å². The highest BCUT2D eigenvalue weighted by atomic mass is 32.2. The summed E-state index contributed by atoms with van der Waals surface area (Å²) >= 11 is 0. The standard InChI is InChI=1S/C25H26FN3O2S/c1-15(25-13-18-12-20(32(27,30)31)7-9-23(18)29-25)16-2-4-17(5-3-16)21-10-11-28-24-8-6-19(26)14-22(21)24/h6-12,14-17H,2-5,13H2,1H3,(H2,27,30,31)/t15-,16?,17?/m1/s1. The van der Waals surface area contributed by atoms with Crippen LogP contribution < -0.4 is 5.14 Å². The number of sulfonamides is 1. The highest BCUT2D eigenvalue weighted by molar-refractivity contribution is 7.89. The molecule has 0 unspecified atom stereocenters. The highest BCUT2D eigenvalue weighted by Gasteiger charge is 2.31. The Bertz CT molecular complexity index is 1330. The summed E-state index contributed by atoms with van der Waals surface area (Å²) in [6, 6.07) is 11.8. The molecule has 2 aromatic carbocycles. The van der Waals surface area contributed by atoms with Crippen molar-refractivity contribution in [1.82, 2.24) is 4.98 Å². The molecule has 1 aliphatic carbocycles. The third-order valence-corrected chi connectivity index (χ3v) is 8.11. The Balaban J connectivity index is 1.28. The molecule has 5 nitrogen and oxygen atoms in total. The van der Waals surface area contributed by atoms with Gasteiger partial charge in [0.1, 0.15) is 5.82 Å². The molecule has 0 radical (unpaired) electrons. The SMILES string of the molecule is C[C@@H](C1=Nc2ccc(S(N)(=O)=O)cc2C1)C1CCC(c2ccnc3ccc(F)cc23)CC1. The van der Waals surface area contributed by atoms with Crippen LogP contribution in [0.4, 0.5) is 10.1 Å². The molecule has 166 valence electrons. The molecule has 2 aliphatic rings. The minimum atomic E-state index is -3.71. The number of nitrogens with zero attached hydrogens (tertiary/aromatic N) is 2. The van der Waals surface area contributed by atoms with E-state index in [-0.39, 0.29) is 10.7 Å². The number of benzene rings is 2. The maximum absolute atomic E-state index is 13.8. The Hall–Kier alpha value is -2.64. The van der Waals surface area contributed by atoms with Crippen LogP contribution in [-0.4, -0.2) is 19.1 Å². The van der Waals surface area contributed by atoms with E-state index in [0.717, 1.165) is 53.5 Å². The Morgan fingerprint density at radius 3 is 2.59 bits per heavy atom. The van der Waals surface area contributed by atoms with Crippen LogP contribution in [0.25, 0.3) is 10.9 Å². The molecule has 5 rings (SSSR count). The van der Waals surface area contributed by atoms with Crippen molar-refractivity contribution >= 4 is 32.3 Å². The first-order valence-corrected chi connectivity index (χ1v) is 12.6. The molecule has 2 heterocycles. The van der Waals surface area contributed by atoms with Crippen molar-refractivity contribution < 1.29 is 12.8 Å². The van der Waals surface area contributed by atoms with Crippen LogP contribution in [-0.2, 0) is 16.4 Å². The minimum Gasteiger partial charge on any atom is -0.257 e. The lowest BCUT2D eigenvalue weighted by Gasteiger charge is -2.33. The number of fused-ring (bicyclic) bond motifs is 2. The molecule has 2 N–H and O–H groups in total. The van der Waals surface area contributed by atoms with Gasteiger partial charge in [0.15, 0.2) is 0 Å². The van der Waals surface area contributed by atoms with Crippen LogP contribution in [0.5, 0.6) is 0 Å². The second-order valence-corrected chi connectivity index (χ2v) is 10.6. The van der Waals surface area contributed by atoms with Crippen LogP contribution in [0, 0.1) is 17.7 Å². The Morgan fingerprint density at radius 1 is 1.06 bits per heavy atom. The van der Waals surface area contributed by atoms with Gasteiger partial charge in [-0.2, -0.15) is 0 Å². The highest BCUT2D eigenvalue weighted by Crippen LogP contribution is 2.42. The second kappa shape index (κ2) is 8.05. The second-order valence-electron chi connectivity index (χ2n) is 9.08. The Labute approximate surface area is 187 Å². The van der Waals surface area contributed by atoms with Gasteiger partial charge in [0.2, 0.25) is 10.0 Å². The number of nitrogens with two attached hydrogens (primary N) is 1. The van der Waals surface area contributed by atoms with Gasteiger partial charge in [0.05, 0.1) is 16.1 Å². The van der Waals surface area contributed by atoms with E-state index in [1.54, 1.807) is 24.3 Å². The predicted molar refractivity (Wildman–Crippen MR) is 124 cm³/mol. The molecule has 1 aliphatic heterocycles. The van der Waals surface area contributed by atoms with Gasteiger partial charge in [-0.15, -0.1) is 0 Å². The molecule has 0 bridgehead atoms. The number of aromatic nitrogens is 1. The summed E-state index contributed by atoms with van der Waals surface area (Å²) in [4.78, 5) is 9.34. The summed E-state index contributed by atoms with van der Waals surface area (Å²) in [5.41, 5.74) is 4.93. The number of hydrogen-bond donors (Lipinski definition) is 1. The molecule has 32 heavy (non-hydrogen) atoms. The first-order valence-electron chi connectivity index (χ1n) is 11.1. The summed E-state index contributed by atoms with van der Waals surface area (Å²) in [6.07, 6.45) is 6.78. The Morgan fingerprint density at radius 2 is 1.84 bits per heavy atom. The number of pyridine rings is 1. The fourth-order valence-electron chi connectivity index (χ4n) is 5.34. The summed E-state index contributed by atoms with van der Waals surface area (Å²) in [6.45, 7) is 2.23. The summed E-state index contributed by atoms with van der Waals surface area (Å²) in [5.74, 6) is 1.04. The van der Waals surface area contributed by atoms with Gasteiger partial charge in [0.25, 0.3) is 0 Å². The van der Waals surface area contributed by atoms with Crippen LogP contribution in [0.2, 0.25) is 0 Å². The number of halogens is 1. The fourth-order valence-corrected chi connectivity index (χ4v) is 5.90. The van der Waals surface area contributed by atoms with Crippen molar-refractivity contribution in [1.29, 1.82) is 0 Å². The average molecular weight is 452 g/mol. The molecule has 0 amide bonds. The summed E-state index contributed by atoms with van der Waals surface area (Å²) in [7, 11) is -3.71. The van der Waals surface area contributed by atoms with Crippen LogP contribution in [0.15, 0.2) is 58.5 Å². The number of hydrogen-bond acceptors (Lipinski definition) is 4. The van der Waals surface area contributed by atoms with Gasteiger partial charge in [-0.1, -0.05) is 6.92 Å². The maximum Gasteiger partial charge on any atom is 0.238 e. The molecular formula is C25H26FN3O2S. The quantitative estimate of drug-likeness (QED) is 0.587. The summed E-state index contributed by atoms with van der Waals surface area (Å²) < 4.78 is 37.2. The average Bonchev–Trinajstić information content (AvgIpc) is 3.21. The zero-order valence-electron chi connectivity index (χ0n) is 18.0. The lowest BCUT2D eigenvalue weighted by atomic mass is 9.72. The van der Waals surface area contributed by atoms with E-state index in [1.165, 1.54) is 17.7 Å². The first kappa shape index (κ1) is 21.2. The molecule has 0 saturated heterocycles. The molecule has 3 aromatic rings. The zero-order chi connectivity index (χ0) is 22.5. The molecular weight excluding hydrogens is 425 g/mol.